The van der Waals surface area contributed by atoms with Crippen LogP contribution in [-0.2, 0) is 0 Å². The molecule has 138 valence electrons. The highest BCUT2D eigenvalue weighted by Gasteiger charge is 2.22. The lowest BCUT2D eigenvalue weighted by Crippen LogP contribution is -2.25. The minimum absolute atomic E-state index is 0.0176. The molecule has 0 amide bonds. The number of aromatic nitrogens is 2. The van der Waals surface area contributed by atoms with E-state index in [0.29, 0.717) is 17.9 Å². The summed E-state index contributed by atoms with van der Waals surface area (Å²) in [5.41, 5.74) is 0.673. The zero-order chi connectivity index (χ0) is 19.0. The van der Waals surface area contributed by atoms with Gasteiger partial charge in [-0.25, -0.2) is 18.7 Å². The van der Waals surface area contributed by atoms with Gasteiger partial charge in [0.1, 0.15) is 11.6 Å². The van der Waals surface area contributed by atoms with Crippen LogP contribution in [0.3, 0.4) is 0 Å². The second-order valence-electron chi connectivity index (χ2n) is 6.50. The standard InChI is InChI=1S/C19H15ClF2N4S/c20-13-9-14(21)12(8-15(13)22)18-24-16-4-7-27-17(16)19(25-18)26-5-1-2-11(10-23)3-6-26/h4,7-9,11H,1-3,5-6H2. The van der Waals surface area contributed by atoms with Crippen molar-refractivity contribution >= 4 is 39.0 Å². The first-order chi connectivity index (χ1) is 13.1. The fraction of sp³-hybridized carbons (Fsp3) is 0.316. The van der Waals surface area contributed by atoms with Gasteiger partial charge in [-0.15, -0.1) is 11.3 Å². The van der Waals surface area contributed by atoms with E-state index in [1.807, 2.05) is 11.4 Å². The zero-order valence-corrected chi connectivity index (χ0v) is 15.8. The van der Waals surface area contributed by atoms with Crippen LogP contribution in [0.15, 0.2) is 23.6 Å². The average molecular weight is 405 g/mol. The summed E-state index contributed by atoms with van der Waals surface area (Å²) >= 11 is 7.17. The van der Waals surface area contributed by atoms with E-state index in [9.17, 15) is 14.0 Å². The third kappa shape index (κ3) is 3.47. The van der Waals surface area contributed by atoms with E-state index in [-0.39, 0.29) is 22.3 Å². The van der Waals surface area contributed by atoms with Crippen LogP contribution < -0.4 is 4.90 Å². The predicted octanol–water partition coefficient (Wildman–Crippen LogP) is 5.42. The van der Waals surface area contributed by atoms with Crippen LogP contribution in [0.25, 0.3) is 21.6 Å². The summed E-state index contributed by atoms with van der Waals surface area (Å²) < 4.78 is 29.2. The maximum absolute atomic E-state index is 14.4. The van der Waals surface area contributed by atoms with E-state index in [1.54, 1.807) is 0 Å². The molecule has 1 aliphatic heterocycles. The number of nitrogens with zero attached hydrogens (tertiary/aromatic N) is 4. The first-order valence-corrected chi connectivity index (χ1v) is 9.87. The lowest BCUT2D eigenvalue weighted by Gasteiger charge is -2.22. The van der Waals surface area contributed by atoms with Crippen LogP contribution in [0.4, 0.5) is 14.6 Å². The molecular weight excluding hydrogens is 390 g/mol. The highest BCUT2D eigenvalue weighted by Crippen LogP contribution is 2.34. The molecule has 4 nitrogen and oxygen atoms in total. The van der Waals surface area contributed by atoms with Gasteiger partial charge in [0.25, 0.3) is 0 Å². The van der Waals surface area contributed by atoms with E-state index >= 15 is 0 Å². The first kappa shape index (κ1) is 18.1. The Morgan fingerprint density at radius 1 is 1.19 bits per heavy atom. The molecule has 1 fully saturated rings. The molecule has 2 aromatic heterocycles. The van der Waals surface area contributed by atoms with Crippen LogP contribution in [0.1, 0.15) is 19.3 Å². The smallest absolute Gasteiger partial charge is 0.165 e. The summed E-state index contributed by atoms with van der Waals surface area (Å²) in [7, 11) is 0. The van der Waals surface area contributed by atoms with Gasteiger partial charge in [-0.05, 0) is 42.8 Å². The molecule has 0 saturated carbocycles. The zero-order valence-electron chi connectivity index (χ0n) is 14.3. The summed E-state index contributed by atoms with van der Waals surface area (Å²) in [6.07, 6.45) is 2.50. The Morgan fingerprint density at radius 3 is 2.85 bits per heavy atom. The minimum Gasteiger partial charge on any atom is -0.355 e. The molecule has 3 heterocycles. The van der Waals surface area contributed by atoms with Crippen molar-refractivity contribution in [3.8, 4) is 17.5 Å². The van der Waals surface area contributed by atoms with Crippen LogP contribution in [0, 0.1) is 28.9 Å². The molecule has 3 aromatic rings. The maximum atomic E-state index is 14.4. The Labute approximate surface area is 164 Å². The van der Waals surface area contributed by atoms with Crippen molar-refractivity contribution < 1.29 is 8.78 Å². The van der Waals surface area contributed by atoms with E-state index in [1.165, 1.54) is 11.3 Å². The van der Waals surface area contributed by atoms with Gasteiger partial charge in [0.05, 0.1) is 26.9 Å². The molecule has 0 spiro atoms. The van der Waals surface area contributed by atoms with E-state index in [4.69, 9.17) is 11.6 Å². The lowest BCUT2D eigenvalue weighted by atomic mass is 10.0. The fourth-order valence-electron chi connectivity index (χ4n) is 3.31. The molecule has 1 atom stereocenters. The van der Waals surface area contributed by atoms with Crippen LogP contribution in [0.2, 0.25) is 5.02 Å². The Bertz CT molecular complexity index is 1050. The van der Waals surface area contributed by atoms with Crippen LogP contribution in [0.5, 0.6) is 0 Å². The predicted molar refractivity (Wildman–Crippen MR) is 103 cm³/mol. The van der Waals surface area contributed by atoms with Crippen molar-refractivity contribution in [3.05, 3.63) is 40.2 Å². The number of hydrogen-bond acceptors (Lipinski definition) is 5. The summed E-state index contributed by atoms with van der Waals surface area (Å²) in [6.45, 7) is 1.46. The molecule has 1 saturated heterocycles. The van der Waals surface area contributed by atoms with Crippen molar-refractivity contribution in [1.82, 2.24) is 9.97 Å². The molecule has 0 aliphatic carbocycles. The third-order valence-electron chi connectivity index (χ3n) is 4.75. The number of thiophene rings is 1. The second kappa shape index (κ2) is 7.37. The molecule has 0 radical (unpaired) electrons. The number of nitriles is 1. The Morgan fingerprint density at radius 2 is 2.04 bits per heavy atom. The van der Waals surface area contributed by atoms with Gasteiger partial charge in [-0.3, -0.25) is 0 Å². The van der Waals surface area contributed by atoms with Gasteiger partial charge in [-0.2, -0.15) is 5.26 Å². The fourth-order valence-corrected chi connectivity index (χ4v) is 4.31. The summed E-state index contributed by atoms with van der Waals surface area (Å²) in [6, 6.07) is 6.16. The highest BCUT2D eigenvalue weighted by molar-refractivity contribution is 7.17. The number of hydrogen-bond donors (Lipinski definition) is 0. The van der Waals surface area contributed by atoms with Crippen molar-refractivity contribution in [1.29, 1.82) is 5.26 Å². The van der Waals surface area contributed by atoms with Gasteiger partial charge in [0.2, 0.25) is 0 Å². The molecule has 0 N–H and O–H groups in total. The van der Waals surface area contributed by atoms with E-state index < -0.39 is 11.6 Å². The van der Waals surface area contributed by atoms with Gasteiger partial charge in [0, 0.05) is 19.0 Å². The number of benzene rings is 1. The molecule has 1 aliphatic rings. The quantitative estimate of drug-likeness (QED) is 0.535. The molecule has 4 rings (SSSR count). The number of anilines is 1. The van der Waals surface area contributed by atoms with Crippen LogP contribution >= 0.6 is 22.9 Å². The SMILES string of the molecule is N#CC1CCCN(c2nc(-c3cc(F)c(Cl)cc3F)nc3ccsc23)CC1. The molecule has 1 aromatic carbocycles. The summed E-state index contributed by atoms with van der Waals surface area (Å²) in [5.74, 6) is -0.501. The minimum atomic E-state index is -0.713. The monoisotopic (exact) mass is 404 g/mol. The van der Waals surface area contributed by atoms with Gasteiger partial charge < -0.3 is 4.90 Å². The van der Waals surface area contributed by atoms with Crippen molar-refractivity contribution in [2.75, 3.05) is 18.0 Å². The Kier molecular flexibility index (Phi) is 4.94. The van der Waals surface area contributed by atoms with E-state index in [0.717, 1.165) is 42.6 Å². The van der Waals surface area contributed by atoms with E-state index in [2.05, 4.69) is 20.9 Å². The number of fused-ring (bicyclic) bond motifs is 1. The topological polar surface area (TPSA) is 52.8 Å². The van der Waals surface area contributed by atoms with Crippen molar-refractivity contribution in [3.63, 3.8) is 0 Å². The molecule has 0 bridgehead atoms. The summed E-state index contributed by atoms with van der Waals surface area (Å²) in [4.78, 5) is 11.1. The summed E-state index contributed by atoms with van der Waals surface area (Å²) in [5, 5.41) is 10.8. The molecule has 8 heteroatoms. The largest absolute Gasteiger partial charge is 0.355 e. The Balaban J connectivity index is 1.81. The van der Waals surface area contributed by atoms with Crippen LogP contribution in [-0.4, -0.2) is 23.1 Å². The number of halogens is 3. The normalized spacial score (nSPS) is 17.7. The molecule has 27 heavy (non-hydrogen) atoms. The first-order valence-electron chi connectivity index (χ1n) is 8.61. The average Bonchev–Trinajstić information content (AvgIpc) is 3.00. The molecule has 1 unspecified atom stereocenters. The maximum Gasteiger partial charge on any atom is 0.165 e. The highest BCUT2D eigenvalue weighted by atomic mass is 35.5. The second-order valence-corrected chi connectivity index (χ2v) is 7.82. The Hall–Kier alpha value is -2.30. The van der Waals surface area contributed by atoms with Gasteiger partial charge in [-0.1, -0.05) is 11.6 Å². The van der Waals surface area contributed by atoms with Crippen molar-refractivity contribution in [2.45, 2.75) is 19.3 Å². The molecular formula is C19H15ClF2N4S. The third-order valence-corrected chi connectivity index (χ3v) is 5.94. The van der Waals surface area contributed by atoms with Gasteiger partial charge in [0.15, 0.2) is 11.6 Å². The van der Waals surface area contributed by atoms with Gasteiger partial charge >= 0.3 is 0 Å². The van der Waals surface area contributed by atoms with Crippen molar-refractivity contribution in [2.24, 2.45) is 5.92 Å². The lowest BCUT2D eigenvalue weighted by molar-refractivity contribution is 0.590. The number of rotatable bonds is 2.